The molecule has 1 amide bonds. The molecule has 2 rings (SSSR count). The van der Waals surface area contributed by atoms with Crippen molar-refractivity contribution in [3.05, 3.63) is 64.2 Å². The van der Waals surface area contributed by atoms with Crippen molar-refractivity contribution in [2.45, 2.75) is 38.3 Å². The number of hydrogen-bond donors (Lipinski definition) is 1. The Morgan fingerprint density at radius 1 is 0.882 bits per heavy atom. The van der Waals surface area contributed by atoms with E-state index in [1.165, 1.54) is 38.1 Å². The molecule has 5 nitrogen and oxygen atoms in total. The van der Waals surface area contributed by atoms with Crippen LogP contribution in [0.5, 0.6) is 0 Å². The first kappa shape index (κ1) is 26.8. The largest absolute Gasteiger partial charge is 0.462 e. The van der Waals surface area contributed by atoms with Crippen molar-refractivity contribution in [2.24, 2.45) is 0 Å². The molecule has 0 aromatic heterocycles. The zero-order chi connectivity index (χ0) is 26.1. The van der Waals surface area contributed by atoms with Gasteiger partial charge in [0.15, 0.2) is 5.78 Å². The number of halogens is 7. The number of amides is 1. The highest BCUT2D eigenvalue weighted by molar-refractivity contribution is 6.37. The summed E-state index contributed by atoms with van der Waals surface area (Å²) < 4.78 is 97.1. The predicted octanol–water partition coefficient (Wildman–Crippen LogP) is 5.13. The van der Waals surface area contributed by atoms with E-state index in [1.807, 2.05) is 0 Å². The molecule has 0 saturated carbocycles. The highest BCUT2D eigenvalue weighted by atomic mass is 19.4. The van der Waals surface area contributed by atoms with E-state index in [2.05, 4.69) is 10.1 Å². The summed E-state index contributed by atoms with van der Waals surface area (Å²) in [5.41, 5.74) is -7.28. The van der Waals surface area contributed by atoms with Gasteiger partial charge in [-0.1, -0.05) is 24.3 Å². The molecular weight excluding hydrogens is 475 g/mol. The lowest BCUT2D eigenvalue weighted by Crippen LogP contribution is -2.50. The Kier molecular flexibility index (Phi) is 7.44. The molecule has 0 spiro atoms. The van der Waals surface area contributed by atoms with Crippen LogP contribution in [0.1, 0.15) is 32.6 Å². The predicted molar refractivity (Wildman–Crippen MR) is 106 cm³/mol. The van der Waals surface area contributed by atoms with Gasteiger partial charge in [-0.05, 0) is 42.7 Å². The minimum absolute atomic E-state index is 0.0379. The molecule has 1 N–H and O–H groups in total. The summed E-state index contributed by atoms with van der Waals surface area (Å²) in [4.78, 5) is 35.5. The van der Waals surface area contributed by atoms with E-state index >= 15 is 0 Å². The quantitative estimate of drug-likeness (QED) is 0.271. The molecule has 184 valence electrons. The van der Waals surface area contributed by atoms with Gasteiger partial charge >= 0.3 is 29.9 Å². The Hall–Kier alpha value is -3.44. The maximum Gasteiger partial charge on any atom is 0.435 e. The van der Waals surface area contributed by atoms with Gasteiger partial charge in [-0.15, -0.1) is 0 Å². The van der Waals surface area contributed by atoms with Gasteiger partial charge in [0.2, 0.25) is 0 Å². The minimum Gasteiger partial charge on any atom is -0.462 e. The SMILES string of the molecule is COC(=O)C(=O)Nc1cccc(C(=O)Cc2c(C)cc(C(F)(C(F)(F)F)C(F)(F)F)cc2C)c1. The average molecular weight is 493 g/mol. The third-order valence-corrected chi connectivity index (χ3v) is 5.03. The van der Waals surface area contributed by atoms with E-state index in [9.17, 15) is 45.1 Å². The molecule has 0 bridgehead atoms. The summed E-state index contributed by atoms with van der Waals surface area (Å²) in [7, 11) is 0.994. The fraction of sp³-hybridized carbons (Fsp3) is 0.318. The number of Topliss-reactive ketones (excluding diaryl/α,β-unsaturated/α-hetero) is 1. The van der Waals surface area contributed by atoms with Crippen LogP contribution in [0.4, 0.5) is 36.4 Å². The third kappa shape index (κ3) is 5.20. The smallest absolute Gasteiger partial charge is 0.435 e. The first-order valence-electron chi connectivity index (χ1n) is 9.48. The first-order valence-corrected chi connectivity index (χ1v) is 9.48. The van der Waals surface area contributed by atoms with Crippen molar-refractivity contribution in [3.8, 4) is 0 Å². The second kappa shape index (κ2) is 9.43. The molecule has 0 atom stereocenters. The van der Waals surface area contributed by atoms with Crippen LogP contribution in [-0.4, -0.2) is 37.1 Å². The molecule has 0 unspecified atom stereocenters. The number of ketones is 1. The minimum atomic E-state index is -6.25. The Bertz CT molecular complexity index is 1090. The van der Waals surface area contributed by atoms with E-state index in [4.69, 9.17) is 0 Å². The summed E-state index contributed by atoms with van der Waals surface area (Å²) >= 11 is 0. The fourth-order valence-corrected chi connectivity index (χ4v) is 3.27. The highest BCUT2D eigenvalue weighted by Crippen LogP contribution is 2.53. The van der Waals surface area contributed by atoms with Crippen molar-refractivity contribution in [2.75, 3.05) is 12.4 Å². The molecule has 0 aliphatic carbocycles. The summed E-state index contributed by atoms with van der Waals surface area (Å²) in [5.74, 6) is -2.87. The number of anilines is 1. The van der Waals surface area contributed by atoms with E-state index in [0.29, 0.717) is 12.1 Å². The van der Waals surface area contributed by atoms with Crippen LogP contribution in [0.2, 0.25) is 0 Å². The van der Waals surface area contributed by atoms with Crippen LogP contribution >= 0.6 is 0 Å². The second-order valence-electron chi connectivity index (χ2n) is 7.37. The average Bonchev–Trinajstić information content (AvgIpc) is 2.73. The standard InChI is InChI=1S/C22H18F7NO4/c1-11-7-14(20(23,21(24,25)26)22(27,28)29)8-12(2)16(11)10-17(31)13-5-4-6-15(9-13)30-18(32)19(33)34-3/h4-9H,10H2,1-3H3,(H,30,32). The van der Waals surface area contributed by atoms with Crippen LogP contribution in [0, 0.1) is 13.8 Å². The zero-order valence-corrected chi connectivity index (χ0v) is 17.9. The molecule has 0 heterocycles. The van der Waals surface area contributed by atoms with Gasteiger partial charge in [0, 0.05) is 23.2 Å². The van der Waals surface area contributed by atoms with Gasteiger partial charge in [-0.25, -0.2) is 9.18 Å². The lowest BCUT2D eigenvalue weighted by molar-refractivity contribution is -0.348. The normalized spacial score (nSPS) is 12.3. The van der Waals surface area contributed by atoms with Gasteiger partial charge in [-0.3, -0.25) is 9.59 Å². The first-order chi connectivity index (χ1) is 15.5. The van der Waals surface area contributed by atoms with Crippen LogP contribution in [-0.2, 0) is 26.4 Å². The van der Waals surface area contributed by atoms with Crippen molar-refractivity contribution >= 4 is 23.3 Å². The van der Waals surface area contributed by atoms with Crippen molar-refractivity contribution in [1.82, 2.24) is 0 Å². The molecule has 12 heteroatoms. The van der Waals surface area contributed by atoms with E-state index in [1.54, 1.807) is 0 Å². The Morgan fingerprint density at radius 3 is 1.88 bits per heavy atom. The molecule has 2 aromatic carbocycles. The number of benzene rings is 2. The molecule has 0 saturated heterocycles. The molecular formula is C22H18F7NO4. The van der Waals surface area contributed by atoms with Crippen LogP contribution in [0.3, 0.4) is 0 Å². The van der Waals surface area contributed by atoms with E-state index < -0.39 is 47.7 Å². The number of nitrogens with one attached hydrogen (secondary N) is 1. The number of aryl methyl sites for hydroxylation is 2. The van der Waals surface area contributed by atoms with Gasteiger partial charge in [0.25, 0.3) is 0 Å². The Balaban J connectivity index is 2.38. The van der Waals surface area contributed by atoms with Gasteiger partial charge in [0.1, 0.15) is 0 Å². The maximum absolute atomic E-state index is 14.4. The number of esters is 1. The van der Waals surface area contributed by atoms with Crippen molar-refractivity contribution < 1.29 is 49.9 Å². The topological polar surface area (TPSA) is 72.5 Å². The van der Waals surface area contributed by atoms with Gasteiger partial charge < -0.3 is 10.1 Å². The number of carbonyl (C=O) groups is 3. The maximum atomic E-state index is 14.4. The van der Waals surface area contributed by atoms with Crippen molar-refractivity contribution in [1.29, 1.82) is 0 Å². The van der Waals surface area contributed by atoms with Gasteiger partial charge in [-0.2, -0.15) is 26.3 Å². The van der Waals surface area contributed by atoms with Crippen molar-refractivity contribution in [3.63, 3.8) is 0 Å². The van der Waals surface area contributed by atoms with E-state index in [-0.39, 0.29) is 27.9 Å². The number of ether oxygens (including phenoxy) is 1. The Morgan fingerprint density at radius 2 is 1.41 bits per heavy atom. The number of hydrogen-bond acceptors (Lipinski definition) is 4. The van der Waals surface area contributed by atoms with Gasteiger partial charge in [0.05, 0.1) is 7.11 Å². The lowest BCUT2D eigenvalue weighted by Gasteiger charge is -2.31. The molecule has 34 heavy (non-hydrogen) atoms. The number of methoxy groups -OCH3 is 1. The molecule has 0 aliphatic heterocycles. The summed E-state index contributed by atoms with van der Waals surface area (Å²) in [6.07, 6.45) is -12.9. The summed E-state index contributed by atoms with van der Waals surface area (Å²) in [6, 6.07) is 6.18. The monoisotopic (exact) mass is 493 g/mol. The highest BCUT2D eigenvalue weighted by Gasteiger charge is 2.73. The molecule has 0 aliphatic rings. The molecule has 0 fully saturated rings. The van der Waals surface area contributed by atoms with E-state index in [0.717, 1.165) is 7.11 Å². The molecule has 0 radical (unpaired) electrons. The molecule has 2 aromatic rings. The number of rotatable bonds is 5. The third-order valence-electron chi connectivity index (χ3n) is 5.03. The summed E-state index contributed by atoms with van der Waals surface area (Å²) in [5, 5.41) is 2.21. The second-order valence-corrected chi connectivity index (χ2v) is 7.37. The lowest BCUT2D eigenvalue weighted by atomic mass is 9.87. The number of carbonyl (C=O) groups excluding carboxylic acids is 3. The fourth-order valence-electron chi connectivity index (χ4n) is 3.27. The van der Waals surface area contributed by atoms with Crippen LogP contribution in [0.25, 0.3) is 0 Å². The van der Waals surface area contributed by atoms with Crippen LogP contribution in [0.15, 0.2) is 36.4 Å². The number of alkyl halides is 7. The zero-order valence-electron chi connectivity index (χ0n) is 17.9. The summed E-state index contributed by atoms with van der Waals surface area (Å²) in [6.45, 7) is 2.33. The Labute approximate surface area is 188 Å². The van der Waals surface area contributed by atoms with Crippen LogP contribution < -0.4 is 5.32 Å².